The average molecular weight is 1940 g/mol. The lowest BCUT2D eigenvalue weighted by Crippen LogP contribution is -2.15. The summed E-state index contributed by atoms with van der Waals surface area (Å²) >= 11 is 9.26. The van der Waals surface area contributed by atoms with Gasteiger partial charge in [0.1, 0.15) is 28.7 Å². The Morgan fingerprint density at radius 2 is 0.507 bits per heavy atom. The van der Waals surface area contributed by atoms with Gasteiger partial charge in [-0.3, -0.25) is 0 Å². The maximum atomic E-state index is 6.29. The van der Waals surface area contributed by atoms with Crippen molar-refractivity contribution in [3.05, 3.63) is 263 Å². The predicted molar refractivity (Wildman–Crippen MR) is 602 cm³/mol. The molecule has 0 aliphatic rings. The van der Waals surface area contributed by atoms with E-state index in [9.17, 15) is 0 Å². The Morgan fingerprint density at radius 1 is 0.199 bits per heavy atom. The molecule has 0 radical (unpaired) electrons. The molecule has 0 fully saturated rings. The number of aryl methyl sites for hydroxylation is 12. The van der Waals surface area contributed by atoms with Gasteiger partial charge in [0.05, 0.1) is 33.0 Å². The van der Waals surface area contributed by atoms with Crippen molar-refractivity contribution < 1.29 is 23.7 Å². The molecule has 0 saturated heterocycles. The molecule has 136 heavy (non-hydrogen) atoms. The summed E-state index contributed by atoms with van der Waals surface area (Å²) in [6.45, 7) is 85.0. The van der Waals surface area contributed by atoms with Crippen LogP contribution >= 0.6 is 58.8 Å². The van der Waals surface area contributed by atoms with Gasteiger partial charge in [0.25, 0.3) is 0 Å². The Labute approximate surface area is 853 Å². The molecule has 10 rings (SSSR count). The number of ether oxygens (including phenoxy) is 5. The highest BCUT2D eigenvalue weighted by molar-refractivity contribution is 8.00. The van der Waals surface area contributed by atoms with Gasteiger partial charge >= 0.3 is 0 Å². The second-order valence-corrected chi connectivity index (χ2v) is 49.9. The van der Waals surface area contributed by atoms with Gasteiger partial charge < -0.3 is 23.7 Å². The Bertz CT molecular complexity index is 5150. The Hall–Kier alpha value is -7.05. The molecule has 0 heterocycles. The summed E-state index contributed by atoms with van der Waals surface area (Å²) in [5, 5.41) is 0. The summed E-state index contributed by atoms with van der Waals surface area (Å²) in [7, 11) is 0. The molecule has 0 aromatic heterocycles. The number of rotatable bonds is 39. The summed E-state index contributed by atoms with van der Waals surface area (Å²) in [5.74, 6) is 5.19. The minimum absolute atomic E-state index is 0.0428. The highest BCUT2D eigenvalue weighted by Gasteiger charge is 2.28. The lowest BCUT2D eigenvalue weighted by Gasteiger charge is -2.26. The first-order valence-corrected chi connectivity index (χ1v) is 55.7. The van der Waals surface area contributed by atoms with E-state index in [0.717, 1.165) is 93.9 Å². The van der Waals surface area contributed by atoms with E-state index >= 15 is 0 Å². The summed E-state index contributed by atoms with van der Waals surface area (Å²) in [4.78, 5) is 13.1. The zero-order valence-corrected chi connectivity index (χ0v) is 96.1. The molecule has 0 atom stereocenters. The summed E-state index contributed by atoms with van der Waals surface area (Å²) < 4.78 is 30.5. The van der Waals surface area contributed by atoms with E-state index in [1.807, 2.05) is 47.0 Å². The van der Waals surface area contributed by atoms with Crippen LogP contribution in [-0.4, -0.2) is 33.0 Å². The second-order valence-electron chi connectivity index (χ2n) is 44.3. The fourth-order valence-corrected chi connectivity index (χ4v) is 21.5. The van der Waals surface area contributed by atoms with Crippen molar-refractivity contribution >= 4 is 58.8 Å². The molecule has 0 spiro atoms. The van der Waals surface area contributed by atoms with E-state index in [0.29, 0.717) is 0 Å². The molecule has 0 amide bonds. The first-order valence-electron chi connectivity index (χ1n) is 51.6. The Morgan fingerprint density at radius 3 is 0.912 bits per heavy atom. The van der Waals surface area contributed by atoms with Crippen molar-refractivity contribution in [2.45, 2.75) is 453 Å². The van der Waals surface area contributed by atoms with Crippen LogP contribution in [0.1, 0.15) is 387 Å². The molecule has 10 heteroatoms. The number of unbranched alkanes of at least 4 members (excludes halogenated alkanes) is 14. The van der Waals surface area contributed by atoms with E-state index < -0.39 is 0 Å². The largest absolute Gasteiger partial charge is 0.494 e. The molecule has 0 aliphatic carbocycles. The highest BCUT2D eigenvalue weighted by Crippen LogP contribution is 2.47. The highest BCUT2D eigenvalue weighted by atomic mass is 32.2. The van der Waals surface area contributed by atoms with Crippen molar-refractivity contribution in [3.8, 4) is 28.7 Å². The first kappa shape index (κ1) is 118. The van der Waals surface area contributed by atoms with Crippen LogP contribution in [0.5, 0.6) is 28.7 Å². The van der Waals surface area contributed by atoms with Gasteiger partial charge in [0.2, 0.25) is 0 Å². The van der Waals surface area contributed by atoms with Gasteiger partial charge in [-0.25, -0.2) is 0 Å². The van der Waals surface area contributed by atoms with E-state index in [1.54, 1.807) is 11.8 Å². The third-order valence-corrected chi connectivity index (χ3v) is 30.6. The van der Waals surface area contributed by atoms with Crippen molar-refractivity contribution in [2.24, 2.45) is 0 Å². The van der Waals surface area contributed by atoms with Crippen LogP contribution in [0.4, 0.5) is 0 Å². The van der Waals surface area contributed by atoms with Crippen LogP contribution < -0.4 is 23.7 Å². The van der Waals surface area contributed by atoms with Crippen LogP contribution in [0.25, 0.3) is 0 Å². The van der Waals surface area contributed by atoms with Crippen molar-refractivity contribution in [2.75, 3.05) is 33.0 Å². The molecule has 0 N–H and O–H groups in total. The summed E-state index contributed by atoms with van der Waals surface area (Å²) in [5.41, 5.74) is 26.0. The molecule has 0 unspecified atom stereocenters. The lowest BCUT2D eigenvalue weighted by atomic mass is 9.83. The zero-order chi connectivity index (χ0) is 101. The van der Waals surface area contributed by atoms with Crippen LogP contribution in [0, 0.1) is 90.0 Å². The molecule has 0 bridgehead atoms. The van der Waals surface area contributed by atoms with Gasteiger partial charge in [-0.1, -0.05) is 344 Å². The topological polar surface area (TPSA) is 46.2 Å². The van der Waals surface area contributed by atoms with Crippen molar-refractivity contribution in [3.63, 3.8) is 0 Å². The van der Waals surface area contributed by atoms with Crippen molar-refractivity contribution in [1.29, 1.82) is 0 Å². The SMILES string of the molecule is CCCCCCCOc1ccc(Sc2ccc(C)c(C)c2)cc1C.CCCCCCCOc1ccc(Sc2ccc(C)cc2)cc1.CCCCCOc1c(C)cc(Sc2cc(C)c(C)c(C(C)(C)C)c2)cc1C(C)(C)C.CCCCCOc1cc(C)c(Sc2cc(C(C)(C)C)c(C)cc2C)cc1C(C)(C)C.CCCCCOc1cc(C)c(Sc2cc(C(C)(C)C)c(C)cc2C)cc1C(C)(C)C. The Kier molecular flexibility index (Phi) is 48.9. The van der Waals surface area contributed by atoms with Crippen LogP contribution in [0.15, 0.2) is 207 Å². The van der Waals surface area contributed by atoms with Crippen molar-refractivity contribution in [1.82, 2.24) is 0 Å². The minimum atomic E-state index is 0.0428. The fraction of sp³-hybridized carbons (Fsp3) is 0.524. The van der Waals surface area contributed by atoms with Crippen LogP contribution in [0.2, 0.25) is 0 Å². The first-order chi connectivity index (χ1) is 63.9. The maximum absolute atomic E-state index is 6.29. The van der Waals surface area contributed by atoms with Crippen LogP contribution in [0.3, 0.4) is 0 Å². The lowest BCUT2D eigenvalue weighted by molar-refractivity contribution is 0.296. The quantitative estimate of drug-likeness (QED) is 0.0348. The van der Waals surface area contributed by atoms with Gasteiger partial charge in [-0.15, -0.1) is 0 Å². The predicted octanol–water partition coefficient (Wildman–Crippen LogP) is 40.4. The minimum Gasteiger partial charge on any atom is -0.494 e. The van der Waals surface area contributed by atoms with E-state index in [4.69, 9.17) is 23.7 Å². The molecule has 746 valence electrons. The summed E-state index contributed by atoms with van der Waals surface area (Å²) in [6.07, 6.45) is 23.4. The third-order valence-electron chi connectivity index (χ3n) is 25.0. The number of benzene rings is 10. The molecule has 10 aromatic rings. The van der Waals surface area contributed by atoms with Gasteiger partial charge in [-0.05, 0) is 365 Å². The van der Waals surface area contributed by atoms with Crippen LogP contribution in [-0.2, 0) is 32.5 Å². The van der Waals surface area contributed by atoms with Gasteiger partial charge in [-0.2, -0.15) is 0 Å². The summed E-state index contributed by atoms with van der Waals surface area (Å²) in [6, 6.07) is 58.3. The molecule has 10 aromatic carbocycles. The third kappa shape index (κ3) is 39.8. The molecular formula is C126H182O5S5. The number of hydrogen-bond donors (Lipinski definition) is 0. The number of hydrogen-bond acceptors (Lipinski definition) is 10. The second kappa shape index (κ2) is 56.6. The van der Waals surface area contributed by atoms with Gasteiger partial charge in [0.15, 0.2) is 0 Å². The van der Waals surface area contributed by atoms with E-state index in [1.165, 1.54) is 245 Å². The molecule has 0 aliphatic heterocycles. The zero-order valence-electron chi connectivity index (χ0n) is 92.1. The van der Waals surface area contributed by atoms with E-state index in [-0.39, 0.29) is 32.5 Å². The molecule has 0 saturated carbocycles. The fourth-order valence-electron chi connectivity index (χ4n) is 16.5. The standard InChI is InChI=1S/3C28H42OS.C22H30OS.C20H26OS/c1-11-12-13-14-29-26-20(3)16-23(18-25(26)28(8,9)10)30-22-15-19(2)21(4)24(17-22)27(5,6)7;2*1-11-12-13-14-29-24-16-21(4)26(18-23(24)28(8,9)10)30-25-17-22(27(5,6)7)19(2)15-20(25)3;1-5-6-7-8-9-14-23-22-13-12-21(16-19(22)4)24-20-11-10-17(2)18(3)15-20;1-3-4-5-6-7-16-21-18-10-14-20(15-11-18)22-19-12-8-17(2)9-13-19/h3*15-18H,11-14H2,1-10H3;10-13,15-16H,5-9,14H2,1-4H3;8-15H,3-7,16H2,1-2H3. The normalized spacial score (nSPS) is 11.8. The molecular weight excluding hydrogens is 1750 g/mol. The average Bonchev–Trinajstić information content (AvgIpc) is 0.795. The maximum Gasteiger partial charge on any atom is 0.125 e. The Balaban J connectivity index is 0.000000262. The monoisotopic (exact) mass is 1940 g/mol. The smallest absolute Gasteiger partial charge is 0.125 e. The van der Waals surface area contributed by atoms with E-state index in [2.05, 4.69) is 407 Å². The van der Waals surface area contributed by atoms with Gasteiger partial charge in [0, 0.05) is 65.6 Å². The molecule has 5 nitrogen and oxygen atoms in total.